The minimum absolute atomic E-state index is 0.100. The number of Topliss-reactive ketones (excluding diaryl/α,β-unsaturated/α-hetero) is 1. The SMILES string of the molecule is COc1ccc(C(=O)CSc2n[nH]c(N)n2)cc1F. The van der Waals surface area contributed by atoms with Gasteiger partial charge < -0.3 is 10.5 Å². The number of thioether (sulfide) groups is 1. The quantitative estimate of drug-likeness (QED) is 0.637. The molecule has 0 bridgehead atoms. The van der Waals surface area contributed by atoms with Gasteiger partial charge >= 0.3 is 0 Å². The van der Waals surface area contributed by atoms with E-state index in [4.69, 9.17) is 10.5 Å². The molecule has 0 amide bonds. The number of nitrogens with one attached hydrogen (secondary N) is 1. The summed E-state index contributed by atoms with van der Waals surface area (Å²) >= 11 is 1.12. The first-order chi connectivity index (χ1) is 9.10. The van der Waals surface area contributed by atoms with Gasteiger partial charge in [-0.25, -0.2) is 9.49 Å². The fourth-order valence-electron chi connectivity index (χ4n) is 1.38. The Kier molecular flexibility index (Phi) is 4.00. The number of ether oxygens (including phenoxy) is 1. The molecule has 1 aromatic carbocycles. The summed E-state index contributed by atoms with van der Waals surface area (Å²) in [4.78, 5) is 15.7. The van der Waals surface area contributed by atoms with Gasteiger partial charge in [0, 0.05) is 5.56 Å². The number of ketones is 1. The largest absolute Gasteiger partial charge is 0.494 e. The Morgan fingerprint density at radius 1 is 1.58 bits per heavy atom. The number of methoxy groups -OCH3 is 1. The number of hydrogen-bond donors (Lipinski definition) is 2. The lowest BCUT2D eigenvalue weighted by Crippen LogP contribution is -2.03. The highest BCUT2D eigenvalue weighted by Crippen LogP contribution is 2.20. The molecule has 6 nitrogen and oxygen atoms in total. The average Bonchev–Trinajstić information content (AvgIpc) is 2.81. The van der Waals surface area contributed by atoms with Crippen LogP contribution in [0.2, 0.25) is 0 Å². The number of nitrogen functional groups attached to an aromatic ring is 1. The second-order valence-corrected chi connectivity index (χ2v) is 4.51. The summed E-state index contributed by atoms with van der Waals surface area (Å²) in [5.41, 5.74) is 5.63. The predicted molar refractivity (Wildman–Crippen MR) is 68.8 cm³/mol. The fourth-order valence-corrected chi connectivity index (χ4v) is 2.08. The van der Waals surface area contributed by atoms with Gasteiger partial charge in [-0.15, -0.1) is 5.10 Å². The topological polar surface area (TPSA) is 93.9 Å². The number of halogens is 1. The van der Waals surface area contributed by atoms with Crippen molar-refractivity contribution in [3.8, 4) is 5.75 Å². The molecule has 19 heavy (non-hydrogen) atoms. The molecule has 0 fully saturated rings. The molecule has 1 heterocycles. The van der Waals surface area contributed by atoms with E-state index in [-0.39, 0.29) is 28.8 Å². The van der Waals surface area contributed by atoms with Crippen molar-refractivity contribution < 1.29 is 13.9 Å². The van der Waals surface area contributed by atoms with E-state index in [2.05, 4.69) is 15.2 Å². The lowest BCUT2D eigenvalue weighted by molar-refractivity contribution is 0.102. The molecular formula is C11H11FN4O2S. The summed E-state index contributed by atoms with van der Waals surface area (Å²) in [6.45, 7) is 0. The van der Waals surface area contributed by atoms with Gasteiger partial charge in [-0.1, -0.05) is 11.8 Å². The molecule has 0 saturated carbocycles. The number of aromatic nitrogens is 3. The molecule has 0 atom stereocenters. The van der Waals surface area contributed by atoms with Gasteiger partial charge in [-0.3, -0.25) is 4.79 Å². The third-order valence-electron chi connectivity index (χ3n) is 2.29. The van der Waals surface area contributed by atoms with Crippen molar-refractivity contribution in [2.45, 2.75) is 5.16 Å². The second-order valence-electron chi connectivity index (χ2n) is 3.56. The second kappa shape index (κ2) is 5.70. The van der Waals surface area contributed by atoms with Crippen LogP contribution in [0, 0.1) is 5.82 Å². The number of benzene rings is 1. The number of rotatable bonds is 5. The number of aromatic amines is 1. The first-order valence-corrected chi connectivity index (χ1v) is 6.26. The summed E-state index contributed by atoms with van der Waals surface area (Å²) in [5, 5.41) is 6.62. The average molecular weight is 282 g/mol. The van der Waals surface area contributed by atoms with Gasteiger partial charge in [0.2, 0.25) is 11.1 Å². The fraction of sp³-hybridized carbons (Fsp3) is 0.182. The molecule has 2 rings (SSSR count). The Morgan fingerprint density at radius 3 is 2.95 bits per heavy atom. The van der Waals surface area contributed by atoms with Gasteiger partial charge in [-0.2, -0.15) is 4.98 Å². The zero-order valence-corrected chi connectivity index (χ0v) is 10.8. The van der Waals surface area contributed by atoms with E-state index in [9.17, 15) is 9.18 Å². The minimum Gasteiger partial charge on any atom is -0.494 e. The maximum absolute atomic E-state index is 13.4. The van der Waals surface area contributed by atoms with Crippen molar-refractivity contribution in [2.24, 2.45) is 0 Å². The van der Waals surface area contributed by atoms with E-state index in [1.54, 1.807) is 0 Å². The van der Waals surface area contributed by atoms with Crippen LogP contribution in [0.3, 0.4) is 0 Å². The van der Waals surface area contributed by atoms with Crippen molar-refractivity contribution in [3.63, 3.8) is 0 Å². The highest BCUT2D eigenvalue weighted by Gasteiger charge is 2.12. The molecule has 2 aromatic rings. The van der Waals surface area contributed by atoms with Crippen LogP contribution in [0.4, 0.5) is 10.3 Å². The number of hydrogen-bond acceptors (Lipinski definition) is 6. The third kappa shape index (κ3) is 3.22. The van der Waals surface area contributed by atoms with Gasteiger partial charge in [0.1, 0.15) is 0 Å². The Morgan fingerprint density at radius 2 is 2.37 bits per heavy atom. The van der Waals surface area contributed by atoms with Crippen LogP contribution < -0.4 is 10.5 Å². The molecule has 8 heteroatoms. The van der Waals surface area contributed by atoms with E-state index < -0.39 is 5.82 Å². The zero-order valence-electron chi connectivity index (χ0n) is 10.0. The van der Waals surface area contributed by atoms with Crippen molar-refractivity contribution in [1.29, 1.82) is 0 Å². The van der Waals surface area contributed by atoms with Crippen LogP contribution >= 0.6 is 11.8 Å². The number of nitrogens with zero attached hydrogens (tertiary/aromatic N) is 2. The molecule has 1 aromatic heterocycles. The molecule has 0 unspecified atom stereocenters. The van der Waals surface area contributed by atoms with Crippen molar-refractivity contribution >= 4 is 23.5 Å². The van der Waals surface area contributed by atoms with Crippen LogP contribution in [-0.2, 0) is 0 Å². The maximum atomic E-state index is 13.4. The summed E-state index contributed by atoms with van der Waals surface area (Å²) in [6.07, 6.45) is 0. The number of carbonyl (C=O) groups is 1. The molecule has 0 radical (unpaired) electrons. The molecule has 3 N–H and O–H groups in total. The Bertz CT molecular complexity index is 602. The number of H-pyrrole nitrogens is 1. The Balaban J connectivity index is 2.01. The van der Waals surface area contributed by atoms with Crippen molar-refractivity contribution in [3.05, 3.63) is 29.6 Å². The van der Waals surface area contributed by atoms with Crippen LogP contribution in [0.1, 0.15) is 10.4 Å². The van der Waals surface area contributed by atoms with Crippen molar-refractivity contribution in [2.75, 3.05) is 18.6 Å². The standard InChI is InChI=1S/C11H11FN4O2S/c1-18-9-3-2-6(4-7(9)12)8(17)5-19-11-14-10(13)15-16-11/h2-4H,5H2,1H3,(H3,13,14,15,16). The van der Waals surface area contributed by atoms with E-state index in [0.29, 0.717) is 5.16 Å². The van der Waals surface area contributed by atoms with E-state index in [1.807, 2.05) is 0 Å². The molecule has 0 aliphatic heterocycles. The molecule has 100 valence electrons. The molecular weight excluding hydrogens is 271 g/mol. The molecule has 0 aliphatic carbocycles. The smallest absolute Gasteiger partial charge is 0.216 e. The summed E-state index contributed by atoms with van der Waals surface area (Å²) in [6, 6.07) is 4.07. The van der Waals surface area contributed by atoms with E-state index >= 15 is 0 Å². The molecule has 0 spiro atoms. The normalized spacial score (nSPS) is 10.4. The highest BCUT2D eigenvalue weighted by molar-refractivity contribution is 7.99. The Labute approximate surface area is 112 Å². The zero-order chi connectivity index (χ0) is 13.8. The number of carbonyl (C=O) groups excluding carboxylic acids is 1. The molecule has 0 aliphatic rings. The highest BCUT2D eigenvalue weighted by atomic mass is 32.2. The summed E-state index contributed by atoms with van der Waals surface area (Å²) in [5.74, 6) is -0.407. The van der Waals surface area contributed by atoms with Gasteiger partial charge in [0.05, 0.1) is 12.9 Å². The van der Waals surface area contributed by atoms with E-state index in [1.165, 1.54) is 19.2 Å². The lowest BCUT2D eigenvalue weighted by atomic mass is 10.1. The molecule has 0 saturated heterocycles. The van der Waals surface area contributed by atoms with Crippen molar-refractivity contribution in [1.82, 2.24) is 15.2 Å². The monoisotopic (exact) mass is 282 g/mol. The van der Waals surface area contributed by atoms with Crippen LogP contribution in [-0.4, -0.2) is 33.8 Å². The number of anilines is 1. The predicted octanol–water partition coefficient (Wildman–Crippen LogP) is 1.51. The Hall–Kier alpha value is -2.09. The minimum atomic E-state index is -0.569. The van der Waals surface area contributed by atoms with Gasteiger partial charge in [0.15, 0.2) is 17.3 Å². The summed E-state index contributed by atoms with van der Waals surface area (Å²) in [7, 11) is 1.36. The van der Waals surface area contributed by atoms with Crippen LogP contribution in [0.15, 0.2) is 23.4 Å². The number of nitrogens with two attached hydrogens (primary N) is 1. The van der Waals surface area contributed by atoms with Gasteiger partial charge in [0.25, 0.3) is 0 Å². The maximum Gasteiger partial charge on any atom is 0.216 e. The lowest BCUT2D eigenvalue weighted by Gasteiger charge is -2.03. The first-order valence-electron chi connectivity index (χ1n) is 5.27. The van der Waals surface area contributed by atoms with Crippen LogP contribution in [0.25, 0.3) is 0 Å². The van der Waals surface area contributed by atoms with Crippen LogP contribution in [0.5, 0.6) is 5.75 Å². The van der Waals surface area contributed by atoms with E-state index in [0.717, 1.165) is 17.8 Å². The third-order valence-corrected chi connectivity index (χ3v) is 3.14. The summed E-state index contributed by atoms with van der Waals surface area (Å²) < 4.78 is 18.2. The van der Waals surface area contributed by atoms with Gasteiger partial charge in [-0.05, 0) is 18.2 Å². The first kappa shape index (κ1) is 13.3.